The molecule has 2 heterocycles. The fraction of sp³-hybridized carbons (Fsp3) is 0.316. The smallest absolute Gasteiger partial charge is 0.303 e. The van der Waals surface area contributed by atoms with E-state index in [0.717, 1.165) is 27.3 Å². The highest BCUT2D eigenvalue weighted by molar-refractivity contribution is 7.99. The van der Waals surface area contributed by atoms with Gasteiger partial charge in [0, 0.05) is 22.6 Å². The summed E-state index contributed by atoms with van der Waals surface area (Å²) in [5, 5.41) is 9.82. The van der Waals surface area contributed by atoms with Crippen LogP contribution in [-0.4, -0.2) is 33.9 Å². The van der Waals surface area contributed by atoms with Gasteiger partial charge in [0.2, 0.25) is 0 Å². The lowest BCUT2D eigenvalue weighted by Gasteiger charge is -2.08. The molecule has 0 saturated carbocycles. The molecule has 0 bridgehead atoms. The number of ether oxygens (including phenoxy) is 1. The molecule has 0 aliphatic heterocycles. The van der Waals surface area contributed by atoms with Crippen molar-refractivity contribution >= 4 is 39.3 Å². The number of thioether (sulfide) groups is 1. The Kier molecular flexibility index (Phi) is 5.86. The summed E-state index contributed by atoms with van der Waals surface area (Å²) in [6, 6.07) is 5.87. The number of benzene rings is 1. The number of aryl methyl sites for hydroxylation is 2. The van der Waals surface area contributed by atoms with E-state index in [9.17, 15) is 9.59 Å². The number of methoxy groups -OCH3 is 1. The van der Waals surface area contributed by atoms with Crippen LogP contribution in [0.2, 0.25) is 0 Å². The molecule has 1 aromatic carbocycles. The number of aliphatic carboxylic acids is 1. The van der Waals surface area contributed by atoms with Crippen molar-refractivity contribution in [3.8, 4) is 16.9 Å². The van der Waals surface area contributed by atoms with Gasteiger partial charge in [-0.15, -0.1) is 11.3 Å². The van der Waals surface area contributed by atoms with E-state index in [0.29, 0.717) is 27.5 Å². The minimum atomic E-state index is -0.819. The topological polar surface area (TPSA) is 92.3 Å². The predicted octanol–water partition coefficient (Wildman–Crippen LogP) is 4.23. The van der Waals surface area contributed by atoms with Gasteiger partial charge in [-0.25, -0.2) is 4.98 Å². The molecule has 3 rings (SSSR count). The predicted molar refractivity (Wildman–Crippen MR) is 109 cm³/mol. The van der Waals surface area contributed by atoms with Crippen molar-refractivity contribution in [2.45, 2.75) is 31.8 Å². The number of hydrogen-bond acceptors (Lipinski definition) is 6. The molecule has 142 valence electrons. The van der Waals surface area contributed by atoms with Crippen LogP contribution < -0.4 is 10.3 Å². The summed E-state index contributed by atoms with van der Waals surface area (Å²) in [5.74, 6) is 0.583. The Bertz CT molecular complexity index is 1060. The van der Waals surface area contributed by atoms with E-state index in [2.05, 4.69) is 9.97 Å². The second-order valence-corrected chi connectivity index (χ2v) is 8.40. The number of thiophene rings is 1. The monoisotopic (exact) mass is 404 g/mol. The molecule has 0 unspecified atom stereocenters. The van der Waals surface area contributed by atoms with Gasteiger partial charge in [-0.05, 0) is 43.5 Å². The molecule has 0 amide bonds. The Morgan fingerprint density at radius 3 is 2.81 bits per heavy atom. The first-order chi connectivity index (χ1) is 12.9. The summed E-state index contributed by atoms with van der Waals surface area (Å²) in [6.07, 6.45) is 0.639. The molecule has 0 atom stereocenters. The van der Waals surface area contributed by atoms with Gasteiger partial charge >= 0.3 is 5.97 Å². The molecule has 0 fully saturated rings. The van der Waals surface area contributed by atoms with Gasteiger partial charge in [0.25, 0.3) is 5.56 Å². The fourth-order valence-corrected chi connectivity index (χ4v) is 4.85. The average molecular weight is 405 g/mol. The van der Waals surface area contributed by atoms with Gasteiger partial charge in [-0.1, -0.05) is 17.8 Å². The number of nitrogens with zero attached hydrogens (tertiary/aromatic N) is 1. The normalized spacial score (nSPS) is 11.1. The maximum Gasteiger partial charge on any atom is 0.303 e. The standard InChI is InChI=1S/C19H20N2O4S2/c1-10-9-12(6-7-13(10)25-3)15-11(2)27-18-16(15)17(24)20-19(21-18)26-8-4-5-14(22)23/h6-7,9H,4-5,8H2,1-3H3,(H,22,23)(H,20,21,24). The minimum Gasteiger partial charge on any atom is -0.496 e. The summed E-state index contributed by atoms with van der Waals surface area (Å²) in [7, 11) is 1.64. The SMILES string of the molecule is COc1ccc(-c2c(C)sc3nc(SCCCC(=O)O)[nH]c(=O)c23)cc1C. The van der Waals surface area contributed by atoms with E-state index in [1.54, 1.807) is 7.11 Å². The number of rotatable bonds is 7. The van der Waals surface area contributed by atoms with Gasteiger partial charge in [0.1, 0.15) is 10.6 Å². The Balaban J connectivity index is 1.96. The lowest BCUT2D eigenvalue weighted by Crippen LogP contribution is -2.09. The quantitative estimate of drug-likeness (QED) is 0.348. The van der Waals surface area contributed by atoms with Crippen LogP contribution in [0.25, 0.3) is 21.3 Å². The highest BCUT2D eigenvalue weighted by Crippen LogP contribution is 2.37. The number of hydrogen-bond donors (Lipinski definition) is 2. The molecule has 3 aromatic rings. The number of carbonyl (C=O) groups is 1. The molecule has 2 aromatic heterocycles. The first kappa shape index (κ1) is 19.4. The van der Waals surface area contributed by atoms with Crippen LogP contribution in [-0.2, 0) is 4.79 Å². The second-order valence-electron chi connectivity index (χ2n) is 6.11. The van der Waals surface area contributed by atoms with Crippen LogP contribution >= 0.6 is 23.1 Å². The maximum atomic E-state index is 12.7. The molecule has 0 aliphatic carbocycles. The van der Waals surface area contributed by atoms with Crippen molar-refractivity contribution in [2.75, 3.05) is 12.9 Å². The summed E-state index contributed by atoms with van der Waals surface area (Å²) in [6.45, 7) is 3.96. The van der Waals surface area contributed by atoms with Crippen LogP contribution in [0.1, 0.15) is 23.3 Å². The van der Waals surface area contributed by atoms with Crippen molar-refractivity contribution in [3.05, 3.63) is 39.0 Å². The average Bonchev–Trinajstić information content (AvgIpc) is 2.95. The van der Waals surface area contributed by atoms with Crippen LogP contribution in [0.15, 0.2) is 28.2 Å². The zero-order valence-electron chi connectivity index (χ0n) is 15.3. The number of aromatic amines is 1. The van der Waals surface area contributed by atoms with Crippen molar-refractivity contribution in [1.29, 1.82) is 0 Å². The molecule has 0 aliphatic rings. The molecule has 0 radical (unpaired) electrons. The lowest BCUT2D eigenvalue weighted by molar-refractivity contribution is -0.137. The first-order valence-corrected chi connectivity index (χ1v) is 10.2. The van der Waals surface area contributed by atoms with Crippen molar-refractivity contribution in [2.24, 2.45) is 0 Å². The van der Waals surface area contributed by atoms with E-state index >= 15 is 0 Å². The molecule has 27 heavy (non-hydrogen) atoms. The molecular formula is C19H20N2O4S2. The summed E-state index contributed by atoms with van der Waals surface area (Å²) >= 11 is 2.86. The van der Waals surface area contributed by atoms with Crippen LogP contribution in [0.5, 0.6) is 5.75 Å². The lowest BCUT2D eigenvalue weighted by atomic mass is 10.0. The van der Waals surface area contributed by atoms with E-state index in [1.807, 2.05) is 32.0 Å². The second kappa shape index (κ2) is 8.14. The van der Waals surface area contributed by atoms with Gasteiger partial charge < -0.3 is 14.8 Å². The fourth-order valence-electron chi connectivity index (χ4n) is 2.94. The van der Waals surface area contributed by atoms with Crippen LogP contribution in [0, 0.1) is 13.8 Å². The third-order valence-electron chi connectivity index (χ3n) is 4.17. The molecule has 0 saturated heterocycles. The third kappa shape index (κ3) is 4.17. The number of H-pyrrole nitrogens is 1. The molecule has 6 nitrogen and oxygen atoms in total. The summed E-state index contributed by atoms with van der Waals surface area (Å²) < 4.78 is 5.32. The zero-order chi connectivity index (χ0) is 19.6. The van der Waals surface area contributed by atoms with Gasteiger partial charge in [0.15, 0.2) is 5.16 Å². The maximum absolute atomic E-state index is 12.7. The highest BCUT2D eigenvalue weighted by Gasteiger charge is 2.17. The van der Waals surface area contributed by atoms with E-state index in [1.165, 1.54) is 23.1 Å². The highest BCUT2D eigenvalue weighted by atomic mass is 32.2. The zero-order valence-corrected chi connectivity index (χ0v) is 16.9. The van der Waals surface area contributed by atoms with Crippen LogP contribution in [0.4, 0.5) is 0 Å². The van der Waals surface area contributed by atoms with E-state index < -0.39 is 5.97 Å². The van der Waals surface area contributed by atoms with E-state index in [4.69, 9.17) is 9.84 Å². The third-order valence-corrected chi connectivity index (χ3v) is 6.13. The van der Waals surface area contributed by atoms with Gasteiger partial charge in [-0.2, -0.15) is 0 Å². The largest absolute Gasteiger partial charge is 0.496 e. The van der Waals surface area contributed by atoms with Crippen molar-refractivity contribution in [3.63, 3.8) is 0 Å². The van der Waals surface area contributed by atoms with Gasteiger partial charge in [-0.3, -0.25) is 9.59 Å². The van der Waals surface area contributed by atoms with Gasteiger partial charge in [0.05, 0.1) is 12.5 Å². The number of nitrogens with one attached hydrogen (secondary N) is 1. The van der Waals surface area contributed by atoms with Crippen molar-refractivity contribution < 1.29 is 14.6 Å². The molecule has 0 spiro atoms. The Morgan fingerprint density at radius 1 is 1.37 bits per heavy atom. The summed E-state index contributed by atoms with van der Waals surface area (Å²) in [4.78, 5) is 32.4. The Hall–Kier alpha value is -2.32. The Morgan fingerprint density at radius 2 is 2.15 bits per heavy atom. The first-order valence-electron chi connectivity index (χ1n) is 8.43. The minimum absolute atomic E-state index is 0.110. The van der Waals surface area contributed by atoms with Crippen LogP contribution in [0.3, 0.4) is 0 Å². The number of carboxylic acid groups (broad SMARTS) is 1. The summed E-state index contributed by atoms with van der Waals surface area (Å²) in [5.41, 5.74) is 2.69. The van der Waals surface area contributed by atoms with Crippen molar-refractivity contribution in [1.82, 2.24) is 9.97 Å². The molecule has 8 heteroatoms. The molecule has 2 N–H and O–H groups in total. The Labute approximate surface area is 164 Å². The number of fused-ring (bicyclic) bond motifs is 1. The number of aromatic nitrogens is 2. The number of carboxylic acids is 1. The van der Waals surface area contributed by atoms with E-state index in [-0.39, 0.29) is 12.0 Å². The molecular weight excluding hydrogens is 384 g/mol.